The van der Waals surface area contributed by atoms with Gasteiger partial charge in [0, 0.05) is 14.1 Å². The standard InChI is InChI=1S/C10H13N3O2/c1-13(2)12-11-9-5-3-8(4-6-9)7-10(14)15/h3-6H,7H2,1-2H3,(H,14,15). The molecule has 0 aliphatic heterocycles. The first kappa shape index (κ1) is 11.2. The topological polar surface area (TPSA) is 65.3 Å². The minimum absolute atomic E-state index is 0.0328. The number of rotatable bonds is 4. The Morgan fingerprint density at radius 1 is 1.33 bits per heavy atom. The number of hydrogen-bond donors (Lipinski definition) is 1. The van der Waals surface area contributed by atoms with E-state index in [-0.39, 0.29) is 6.42 Å². The van der Waals surface area contributed by atoms with Crippen molar-refractivity contribution in [2.24, 2.45) is 10.3 Å². The Morgan fingerprint density at radius 2 is 1.93 bits per heavy atom. The molecule has 1 N–H and O–H groups in total. The van der Waals surface area contributed by atoms with E-state index < -0.39 is 5.97 Å². The molecule has 0 bridgehead atoms. The smallest absolute Gasteiger partial charge is 0.307 e. The van der Waals surface area contributed by atoms with Crippen LogP contribution in [0.4, 0.5) is 5.69 Å². The van der Waals surface area contributed by atoms with E-state index in [1.54, 1.807) is 43.4 Å². The highest BCUT2D eigenvalue weighted by Gasteiger charge is 1.99. The molecule has 1 rings (SSSR count). The van der Waals surface area contributed by atoms with E-state index in [0.717, 1.165) is 5.56 Å². The second kappa shape index (κ2) is 5.09. The fraction of sp³-hybridized carbons (Fsp3) is 0.300. The highest BCUT2D eigenvalue weighted by atomic mass is 16.4. The summed E-state index contributed by atoms with van der Waals surface area (Å²) in [6.07, 6.45) is 0.0328. The lowest BCUT2D eigenvalue weighted by atomic mass is 10.1. The molecule has 0 heterocycles. The van der Waals surface area contributed by atoms with Crippen molar-refractivity contribution in [2.75, 3.05) is 14.1 Å². The summed E-state index contributed by atoms with van der Waals surface area (Å²) in [6, 6.07) is 6.95. The van der Waals surface area contributed by atoms with Gasteiger partial charge in [0.05, 0.1) is 12.1 Å². The van der Waals surface area contributed by atoms with Gasteiger partial charge in [0.25, 0.3) is 0 Å². The van der Waals surface area contributed by atoms with Crippen molar-refractivity contribution in [3.63, 3.8) is 0 Å². The Morgan fingerprint density at radius 3 is 2.40 bits per heavy atom. The van der Waals surface area contributed by atoms with Gasteiger partial charge < -0.3 is 5.11 Å². The van der Waals surface area contributed by atoms with Crippen LogP contribution < -0.4 is 0 Å². The van der Waals surface area contributed by atoms with Crippen LogP contribution in [0, 0.1) is 0 Å². The molecule has 0 amide bonds. The number of carboxylic acid groups (broad SMARTS) is 1. The van der Waals surface area contributed by atoms with E-state index in [2.05, 4.69) is 10.3 Å². The minimum Gasteiger partial charge on any atom is -0.481 e. The lowest BCUT2D eigenvalue weighted by molar-refractivity contribution is -0.136. The van der Waals surface area contributed by atoms with Crippen molar-refractivity contribution in [2.45, 2.75) is 6.42 Å². The van der Waals surface area contributed by atoms with Crippen molar-refractivity contribution in [1.29, 1.82) is 0 Å². The van der Waals surface area contributed by atoms with Crippen LogP contribution in [0.5, 0.6) is 0 Å². The van der Waals surface area contributed by atoms with Gasteiger partial charge in [0.2, 0.25) is 0 Å². The monoisotopic (exact) mass is 207 g/mol. The van der Waals surface area contributed by atoms with Crippen LogP contribution in [-0.4, -0.2) is 30.2 Å². The van der Waals surface area contributed by atoms with Crippen LogP contribution >= 0.6 is 0 Å². The molecule has 1 aromatic rings. The second-order valence-corrected chi connectivity index (χ2v) is 3.27. The maximum Gasteiger partial charge on any atom is 0.307 e. The number of benzene rings is 1. The maximum absolute atomic E-state index is 10.4. The SMILES string of the molecule is CN(C)N=Nc1ccc(CC(=O)O)cc1. The van der Waals surface area contributed by atoms with E-state index in [9.17, 15) is 4.79 Å². The summed E-state index contributed by atoms with van der Waals surface area (Å²) < 4.78 is 0. The molecule has 0 atom stereocenters. The Hall–Kier alpha value is -1.91. The summed E-state index contributed by atoms with van der Waals surface area (Å²) in [5.41, 5.74) is 1.46. The van der Waals surface area contributed by atoms with E-state index in [0.29, 0.717) is 5.69 Å². The predicted octanol–water partition coefficient (Wildman–Crippen LogP) is 1.87. The average molecular weight is 207 g/mol. The van der Waals surface area contributed by atoms with Gasteiger partial charge >= 0.3 is 5.97 Å². The summed E-state index contributed by atoms with van der Waals surface area (Å²) in [5, 5.41) is 17.9. The maximum atomic E-state index is 10.4. The minimum atomic E-state index is -0.835. The van der Waals surface area contributed by atoms with Crippen LogP contribution in [0.1, 0.15) is 5.56 Å². The number of carboxylic acids is 1. The third-order valence-electron chi connectivity index (χ3n) is 1.63. The van der Waals surface area contributed by atoms with Crippen molar-refractivity contribution < 1.29 is 9.90 Å². The quantitative estimate of drug-likeness (QED) is 0.605. The van der Waals surface area contributed by atoms with Crippen LogP contribution in [-0.2, 0) is 11.2 Å². The summed E-state index contributed by atoms with van der Waals surface area (Å²) in [5.74, 6) is -0.835. The Balaban J connectivity index is 2.68. The predicted molar refractivity (Wildman–Crippen MR) is 56.0 cm³/mol. The zero-order chi connectivity index (χ0) is 11.3. The number of nitrogens with zero attached hydrogens (tertiary/aromatic N) is 3. The van der Waals surface area contributed by atoms with E-state index >= 15 is 0 Å². The van der Waals surface area contributed by atoms with Crippen LogP contribution in [0.25, 0.3) is 0 Å². The molecule has 1 aromatic carbocycles. The molecule has 5 heteroatoms. The molecule has 5 nitrogen and oxygen atoms in total. The van der Waals surface area contributed by atoms with Crippen molar-refractivity contribution in [3.8, 4) is 0 Å². The summed E-state index contributed by atoms with van der Waals surface area (Å²) in [7, 11) is 3.56. The van der Waals surface area contributed by atoms with Gasteiger partial charge in [-0.05, 0) is 17.7 Å². The molecule has 0 radical (unpaired) electrons. The Bertz CT molecular complexity index is 357. The molecule has 0 aliphatic rings. The summed E-state index contributed by atoms with van der Waals surface area (Å²) in [4.78, 5) is 10.4. The first-order valence-electron chi connectivity index (χ1n) is 4.47. The van der Waals surface area contributed by atoms with E-state index in [1.807, 2.05) is 0 Å². The Labute approximate surface area is 88.0 Å². The Kier molecular flexibility index (Phi) is 3.79. The van der Waals surface area contributed by atoms with Crippen LogP contribution in [0.15, 0.2) is 34.6 Å². The van der Waals surface area contributed by atoms with Gasteiger partial charge in [-0.1, -0.05) is 17.4 Å². The molecule has 0 fully saturated rings. The molecule has 0 aliphatic carbocycles. The van der Waals surface area contributed by atoms with E-state index in [1.165, 1.54) is 0 Å². The summed E-state index contributed by atoms with van der Waals surface area (Å²) in [6.45, 7) is 0. The van der Waals surface area contributed by atoms with Gasteiger partial charge in [0.15, 0.2) is 0 Å². The normalized spacial score (nSPS) is 10.5. The zero-order valence-corrected chi connectivity index (χ0v) is 8.71. The van der Waals surface area contributed by atoms with Gasteiger partial charge in [-0.25, -0.2) is 0 Å². The van der Waals surface area contributed by atoms with Crippen molar-refractivity contribution in [1.82, 2.24) is 5.01 Å². The molecule has 0 aromatic heterocycles. The van der Waals surface area contributed by atoms with Gasteiger partial charge in [-0.15, -0.1) is 5.11 Å². The fourth-order valence-corrected chi connectivity index (χ4v) is 0.996. The van der Waals surface area contributed by atoms with Crippen molar-refractivity contribution >= 4 is 11.7 Å². The largest absolute Gasteiger partial charge is 0.481 e. The third kappa shape index (κ3) is 4.21. The molecular weight excluding hydrogens is 194 g/mol. The van der Waals surface area contributed by atoms with Gasteiger partial charge in [0.1, 0.15) is 0 Å². The molecule has 0 saturated carbocycles. The number of hydrogen-bond acceptors (Lipinski definition) is 3. The first-order chi connectivity index (χ1) is 7.08. The molecule has 0 spiro atoms. The lowest BCUT2D eigenvalue weighted by Crippen LogP contribution is -1.99. The fourth-order valence-electron chi connectivity index (χ4n) is 0.996. The lowest BCUT2D eigenvalue weighted by Gasteiger charge is -2.01. The molecule has 0 saturated heterocycles. The molecule has 0 unspecified atom stereocenters. The van der Waals surface area contributed by atoms with Gasteiger partial charge in [-0.2, -0.15) is 0 Å². The number of carbonyl (C=O) groups is 1. The highest BCUT2D eigenvalue weighted by Crippen LogP contribution is 2.13. The zero-order valence-electron chi connectivity index (χ0n) is 8.71. The average Bonchev–Trinajstić information content (AvgIpc) is 2.16. The molecule has 80 valence electrons. The van der Waals surface area contributed by atoms with E-state index in [4.69, 9.17) is 5.11 Å². The molecule has 15 heavy (non-hydrogen) atoms. The van der Waals surface area contributed by atoms with Gasteiger partial charge in [-0.3, -0.25) is 9.80 Å². The van der Waals surface area contributed by atoms with Crippen LogP contribution in [0.3, 0.4) is 0 Å². The van der Waals surface area contributed by atoms with Crippen molar-refractivity contribution in [3.05, 3.63) is 29.8 Å². The second-order valence-electron chi connectivity index (χ2n) is 3.27. The number of aliphatic carboxylic acids is 1. The first-order valence-corrected chi connectivity index (χ1v) is 4.47. The highest BCUT2D eigenvalue weighted by molar-refractivity contribution is 5.70. The van der Waals surface area contributed by atoms with Crippen LogP contribution in [0.2, 0.25) is 0 Å². The third-order valence-corrected chi connectivity index (χ3v) is 1.63. The molecular formula is C10H13N3O2. The summed E-state index contributed by atoms with van der Waals surface area (Å²) >= 11 is 0.